The summed E-state index contributed by atoms with van der Waals surface area (Å²) in [5, 5.41) is 2.86. The second kappa shape index (κ2) is 9.87. The van der Waals surface area contributed by atoms with Crippen molar-refractivity contribution in [2.75, 3.05) is 6.54 Å². The van der Waals surface area contributed by atoms with E-state index in [2.05, 4.69) is 5.32 Å². The third-order valence-electron chi connectivity index (χ3n) is 3.25. The van der Waals surface area contributed by atoms with Crippen molar-refractivity contribution in [1.29, 1.82) is 0 Å². The number of nitrogens with two attached hydrogens (primary N) is 1. The SMILES string of the molecule is CC(N)CCNC(=O)c1ccc(COc2ccccc2)cc1.Cl. The first kappa shape index (κ1) is 19.0. The molecule has 0 saturated carbocycles. The molecule has 2 rings (SSSR count). The van der Waals surface area contributed by atoms with E-state index in [1.54, 1.807) is 0 Å². The Bertz CT molecular complexity index is 586. The summed E-state index contributed by atoms with van der Waals surface area (Å²) in [5.41, 5.74) is 7.32. The molecule has 0 bridgehead atoms. The maximum Gasteiger partial charge on any atom is 0.251 e. The quantitative estimate of drug-likeness (QED) is 0.817. The number of hydrogen-bond acceptors (Lipinski definition) is 3. The van der Waals surface area contributed by atoms with Crippen molar-refractivity contribution in [1.82, 2.24) is 5.32 Å². The normalized spacial score (nSPS) is 11.2. The van der Waals surface area contributed by atoms with E-state index < -0.39 is 0 Å². The first-order valence-corrected chi connectivity index (χ1v) is 7.46. The molecule has 0 radical (unpaired) electrons. The van der Waals surface area contributed by atoms with Crippen molar-refractivity contribution in [3.05, 3.63) is 65.7 Å². The first-order chi connectivity index (χ1) is 10.6. The number of halogens is 1. The highest BCUT2D eigenvalue weighted by atomic mass is 35.5. The summed E-state index contributed by atoms with van der Waals surface area (Å²) in [7, 11) is 0. The minimum absolute atomic E-state index is 0. The molecular weight excluding hydrogens is 312 g/mol. The van der Waals surface area contributed by atoms with Gasteiger partial charge in [0.15, 0.2) is 0 Å². The molecule has 2 aromatic rings. The average Bonchev–Trinajstić information content (AvgIpc) is 2.54. The van der Waals surface area contributed by atoms with Crippen LogP contribution in [0.1, 0.15) is 29.3 Å². The molecule has 3 N–H and O–H groups in total. The van der Waals surface area contributed by atoms with Crippen molar-refractivity contribution in [3.8, 4) is 5.75 Å². The van der Waals surface area contributed by atoms with E-state index >= 15 is 0 Å². The van der Waals surface area contributed by atoms with Gasteiger partial charge < -0.3 is 15.8 Å². The van der Waals surface area contributed by atoms with Gasteiger partial charge >= 0.3 is 0 Å². The molecule has 5 heteroatoms. The summed E-state index contributed by atoms with van der Waals surface area (Å²) >= 11 is 0. The standard InChI is InChI=1S/C18H22N2O2.ClH/c1-14(19)11-12-20-18(21)16-9-7-15(8-10-16)13-22-17-5-3-2-4-6-17;/h2-10,14H,11-13,19H2,1H3,(H,20,21);1H. The van der Waals surface area contributed by atoms with Crippen LogP contribution in [-0.4, -0.2) is 18.5 Å². The Labute approximate surface area is 143 Å². The van der Waals surface area contributed by atoms with Crippen LogP contribution in [0.3, 0.4) is 0 Å². The van der Waals surface area contributed by atoms with Crippen molar-refractivity contribution < 1.29 is 9.53 Å². The number of amides is 1. The molecule has 1 atom stereocenters. The fourth-order valence-corrected chi connectivity index (χ4v) is 1.95. The smallest absolute Gasteiger partial charge is 0.251 e. The van der Waals surface area contributed by atoms with Crippen molar-refractivity contribution in [2.24, 2.45) is 5.73 Å². The molecule has 0 aliphatic carbocycles. The number of carbonyl (C=O) groups is 1. The van der Waals surface area contributed by atoms with E-state index in [9.17, 15) is 4.79 Å². The van der Waals surface area contributed by atoms with Crippen LogP contribution in [-0.2, 0) is 6.61 Å². The number of benzene rings is 2. The molecule has 2 aromatic carbocycles. The number of hydrogen-bond donors (Lipinski definition) is 2. The van der Waals surface area contributed by atoms with Crippen LogP contribution >= 0.6 is 12.4 Å². The predicted molar refractivity (Wildman–Crippen MR) is 95.1 cm³/mol. The van der Waals surface area contributed by atoms with Gasteiger partial charge in [-0.2, -0.15) is 0 Å². The molecule has 0 saturated heterocycles. The topological polar surface area (TPSA) is 64.3 Å². The lowest BCUT2D eigenvalue weighted by atomic mass is 10.1. The summed E-state index contributed by atoms with van der Waals surface area (Å²) in [4.78, 5) is 11.9. The predicted octanol–water partition coefficient (Wildman–Crippen LogP) is 3.15. The van der Waals surface area contributed by atoms with Gasteiger partial charge in [0.2, 0.25) is 0 Å². The van der Waals surface area contributed by atoms with E-state index in [-0.39, 0.29) is 24.4 Å². The second-order valence-corrected chi connectivity index (χ2v) is 5.32. The molecule has 0 spiro atoms. The highest BCUT2D eigenvalue weighted by molar-refractivity contribution is 5.94. The zero-order valence-corrected chi connectivity index (χ0v) is 14.0. The Morgan fingerprint density at radius 3 is 2.39 bits per heavy atom. The zero-order chi connectivity index (χ0) is 15.8. The van der Waals surface area contributed by atoms with Crippen LogP contribution < -0.4 is 15.8 Å². The Hall–Kier alpha value is -2.04. The largest absolute Gasteiger partial charge is 0.489 e. The van der Waals surface area contributed by atoms with Gasteiger partial charge in [0, 0.05) is 18.2 Å². The maximum absolute atomic E-state index is 11.9. The lowest BCUT2D eigenvalue weighted by Gasteiger charge is -2.09. The third-order valence-corrected chi connectivity index (χ3v) is 3.25. The highest BCUT2D eigenvalue weighted by Crippen LogP contribution is 2.12. The van der Waals surface area contributed by atoms with Crippen LogP contribution in [0, 0.1) is 0 Å². The van der Waals surface area contributed by atoms with Crippen LogP contribution in [0.4, 0.5) is 0 Å². The Morgan fingerprint density at radius 2 is 1.78 bits per heavy atom. The van der Waals surface area contributed by atoms with Gasteiger partial charge in [-0.05, 0) is 43.2 Å². The molecule has 0 aromatic heterocycles. The summed E-state index contributed by atoms with van der Waals surface area (Å²) in [5.74, 6) is 0.761. The molecule has 23 heavy (non-hydrogen) atoms. The molecule has 1 amide bonds. The van der Waals surface area contributed by atoms with Gasteiger partial charge in [-0.3, -0.25) is 4.79 Å². The minimum Gasteiger partial charge on any atom is -0.489 e. The van der Waals surface area contributed by atoms with E-state index in [0.717, 1.165) is 17.7 Å². The molecule has 0 heterocycles. The summed E-state index contributed by atoms with van der Waals surface area (Å²) in [6.07, 6.45) is 0.773. The van der Waals surface area contributed by atoms with Crippen LogP contribution in [0.15, 0.2) is 54.6 Å². The molecule has 0 aliphatic heterocycles. The number of nitrogens with one attached hydrogen (secondary N) is 1. The van der Waals surface area contributed by atoms with Gasteiger partial charge in [0.05, 0.1) is 0 Å². The van der Waals surface area contributed by atoms with Crippen LogP contribution in [0.5, 0.6) is 5.75 Å². The molecule has 124 valence electrons. The summed E-state index contributed by atoms with van der Waals surface area (Å²) < 4.78 is 5.67. The van der Waals surface area contributed by atoms with Crippen molar-refractivity contribution in [2.45, 2.75) is 26.0 Å². The lowest BCUT2D eigenvalue weighted by molar-refractivity contribution is 0.0952. The van der Waals surface area contributed by atoms with E-state index in [1.165, 1.54) is 0 Å². The molecule has 0 fully saturated rings. The van der Waals surface area contributed by atoms with Gasteiger partial charge in [-0.1, -0.05) is 30.3 Å². The molecular formula is C18H23ClN2O2. The molecule has 1 unspecified atom stereocenters. The fourth-order valence-electron chi connectivity index (χ4n) is 1.95. The Balaban J connectivity index is 0.00000264. The average molecular weight is 335 g/mol. The second-order valence-electron chi connectivity index (χ2n) is 5.32. The van der Waals surface area contributed by atoms with E-state index in [1.807, 2.05) is 61.5 Å². The third kappa shape index (κ3) is 6.72. The Morgan fingerprint density at radius 1 is 1.13 bits per heavy atom. The zero-order valence-electron chi connectivity index (χ0n) is 13.2. The van der Waals surface area contributed by atoms with Gasteiger partial charge in [0.1, 0.15) is 12.4 Å². The molecule has 4 nitrogen and oxygen atoms in total. The first-order valence-electron chi connectivity index (χ1n) is 7.46. The van der Waals surface area contributed by atoms with Gasteiger partial charge in [-0.25, -0.2) is 0 Å². The lowest BCUT2D eigenvalue weighted by Crippen LogP contribution is -2.28. The van der Waals surface area contributed by atoms with Crippen molar-refractivity contribution >= 4 is 18.3 Å². The summed E-state index contributed by atoms with van der Waals surface area (Å²) in [6, 6.07) is 17.2. The van der Waals surface area contributed by atoms with E-state index in [0.29, 0.717) is 18.7 Å². The van der Waals surface area contributed by atoms with Crippen LogP contribution in [0.25, 0.3) is 0 Å². The van der Waals surface area contributed by atoms with Gasteiger partial charge in [-0.15, -0.1) is 12.4 Å². The number of para-hydroxylation sites is 1. The minimum atomic E-state index is -0.0730. The van der Waals surface area contributed by atoms with Crippen LogP contribution in [0.2, 0.25) is 0 Å². The number of carbonyl (C=O) groups excluding carboxylic acids is 1. The maximum atomic E-state index is 11.9. The monoisotopic (exact) mass is 334 g/mol. The fraction of sp³-hybridized carbons (Fsp3) is 0.278. The Kier molecular flexibility index (Phi) is 8.16. The number of rotatable bonds is 7. The number of ether oxygens (including phenoxy) is 1. The summed E-state index contributed by atoms with van der Waals surface area (Å²) in [6.45, 7) is 3.00. The van der Waals surface area contributed by atoms with E-state index in [4.69, 9.17) is 10.5 Å². The van der Waals surface area contributed by atoms with Gasteiger partial charge in [0.25, 0.3) is 5.91 Å². The van der Waals surface area contributed by atoms with Crippen molar-refractivity contribution in [3.63, 3.8) is 0 Å². The molecule has 0 aliphatic rings. The highest BCUT2D eigenvalue weighted by Gasteiger charge is 2.05.